The fraction of sp³-hybridized carbons (Fsp3) is 0.400. The third-order valence-corrected chi connectivity index (χ3v) is 4.44. The summed E-state index contributed by atoms with van der Waals surface area (Å²) in [5, 5.41) is 0. The molecule has 2 nitrogen and oxygen atoms in total. The number of aryl methyl sites for hydroxylation is 3. The van der Waals surface area contributed by atoms with Crippen LogP contribution in [0.4, 0.5) is 0 Å². The van der Waals surface area contributed by atoms with Gasteiger partial charge in [0, 0.05) is 0 Å². The van der Waals surface area contributed by atoms with Gasteiger partial charge >= 0.3 is 0 Å². The summed E-state index contributed by atoms with van der Waals surface area (Å²) < 4.78 is 23.0. The van der Waals surface area contributed by atoms with Crippen molar-refractivity contribution in [3.05, 3.63) is 28.8 Å². The van der Waals surface area contributed by atoms with Crippen LogP contribution in [0.5, 0.6) is 0 Å². The molecule has 0 bridgehead atoms. The first kappa shape index (κ1) is 8.75. The molecule has 0 N–H and O–H groups in total. The lowest BCUT2D eigenvalue weighted by Gasteiger charge is -2.03. The van der Waals surface area contributed by atoms with E-state index in [1.54, 1.807) is 6.07 Å². The van der Waals surface area contributed by atoms with E-state index in [1.165, 1.54) is 5.56 Å². The van der Waals surface area contributed by atoms with E-state index in [0.29, 0.717) is 11.3 Å². The van der Waals surface area contributed by atoms with Crippen LogP contribution >= 0.6 is 0 Å². The van der Waals surface area contributed by atoms with Crippen LogP contribution in [-0.4, -0.2) is 14.2 Å². The summed E-state index contributed by atoms with van der Waals surface area (Å²) in [6.45, 7) is 3.96. The fourth-order valence-electron chi connectivity index (χ4n) is 1.69. The molecule has 0 fully saturated rings. The molecule has 0 spiro atoms. The predicted molar refractivity (Wildman–Crippen MR) is 51.7 cm³/mol. The van der Waals surface area contributed by atoms with Gasteiger partial charge in [-0.2, -0.15) is 0 Å². The van der Waals surface area contributed by atoms with Crippen LogP contribution in [-0.2, 0) is 16.3 Å². The lowest BCUT2D eigenvalue weighted by atomic mass is 10.1. The highest BCUT2D eigenvalue weighted by molar-refractivity contribution is 7.91. The molecule has 1 aromatic rings. The van der Waals surface area contributed by atoms with E-state index >= 15 is 0 Å². The minimum absolute atomic E-state index is 0.283. The molecule has 0 unspecified atom stereocenters. The van der Waals surface area contributed by atoms with Crippen LogP contribution in [0.15, 0.2) is 17.0 Å². The Bertz CT molecular complexity index is 458. The summed E-state index contributed by atoms with van der Waals surface area (Å²) >= 11 is 0. The topological polar surface area (TPSA) is 34.1 Å². The number of benzene rings is 1. The monoisotopic (exact) mass is 196 g/mol. The van der Waals surface area contributed by atoms with E-state index in [-0.39, 0.29) is 5.75 Å². The maximum absolute atomic E-state index is 11.5. The Morgan fingerprint density at radius 2 is 1.77 bits per heavy atom. The number of rotatable bonds is 0. The molecule has 0 aromatic heterocycles. The normalized spacial score (nSPS) is 18.6. The van der Waals surface area contributed by atoms with Crippen LogP contribution in [0.2, 0.25) is 0 Å². The quantitative estimate of drug-likeness (QED) is 0.632. The molecule has 3 heteroatoms. The third-order valence-electron chi connectivity index (χ3n) is 2.65. The molecule has 2 rings (SSSR count). The van der Waals surface area contributed by atoms with Gasteiger partial charge in [0.05, 0.1) is 10.6 Å². The van der Waals surface area contributed by atoms with E-state index in [1.807, 2.05) is 19.9 Å². The Balaban J connectivity index is 2.75. The molecular formula is C10H12O2S. The van der Waals surface area contributed by atoms with Crippen molar-refractivity contribution in [3.63, 3.8) is 0 Å². The molecule has 1 aliphatic heterocycles. The molecule has 1 aromatic carbocycles. The summed E-state index contributed by atoms with van der Waals surface area (Å²) in [4.78, 5) is 0.551. The van der Waals surface area contributed by atoms with Gasteiger partial charge in [-0.25, -0.2) is 8.42 Å². The largest absolute Gasteiger partial charge is 0.224 e. The van der Waals surface area contributed by atoms with Gasteiger partial charge in [-0.3, -0.25) is 0 Å². The van der Waals surface area contributed by atoms with Gasteiger partial charge in [-0.1, -0.05) is 6.07 Å². The molecular weight excluding hydrogens is 184 g/mol. The second kappa shape index (κ2) is 2.58. The molecule has 1 aliphatic rings. The van der Waals surface area contributed by atoms with Crippen LogP contribution in [0, 0.1) is 13.8 Å². The first-order chi connectivity index (χ1) is 6.00. The molecule has 1 heterocycles. The van der Waals surface area contributed by atoms with E-state index in [0.717, 1.165) is 11.1 Å². The maximum Gasteiger partial charge on any atom is 0.178 e. The highest BCUT2D eigenvalue weighted by atomic mass is 32.2. The minimum Gasteiger partial charge on any atom is -0.224 e. The second-order valence-electron chi connectivity index (χ2n) is 3.61. The smallest absolute Gasteiger partial charge is 0.178 e. The highest BCUT2D eigenvalue weighted by Gasteiger charge is 2.26. The van der Waals surface area contributed by atoms with Gasteiger partial charge in [0.1, 0.15) is 0 Å². The van der Waals surface area contributed by atoms with Crippen molar-refractivity contribution in [2.75, 3.05) is 5.75 Å². The number of sulfone groups is 1. The van der Waals surface area contributed by atoms with E-state index in [9.17, 15) is 8.42 Å². The second-order valence-corrected chi connectivity index (χ2v) is 5.69. The zero-order chi connectivity index (χ0) is 9.64. The van der Waals surface area contributed by atoms with Crippen molar-refractivity contribution in [2.24, 2.45) is 0 Å². The van der Waals surface area contributed by atoms with Crippen LogP contribution < -0.4 is 0 Å². The molecule has 0 saturated heterocycles. The van der Waals surface area contributed by atoms with Gasteiger partial charge in [0.2, 0.25) is 0 Å². The molecule has 0 amide bonds. The number of hydrogen-bond acceptors (Lipinski definition) is 2. The van der Waals surface area contributed by atoms with Crippen molar-refractivity contribution < 1.29 is 8.42 Å². The lowest BCUT2D eigenvalue weighted by molar-refractivity contribution is 0.600. The van der Waals surface area contributed by atoms with Crippen molar-refractivity contribution in [2.45, 2.75) is 25.2 Å². The zero-order valence-electron chi connectivity index (χ0n) is 7.79. The van der Waals surface area contributed by atoms with Gasteiger partial charge in [-0.05, 0) is 43.0 Å². The molecule has 13 heavy (non-hydrogen) atoms. The fourth-order valence-corrected chi connectivity index (χ4v) is 3.31. The summed E-state index contributed by atoms with van der Waals surface area (Å²) in [5.41, 5.74) is 3.23. The average molecular weight is 196 g/mol. The third kappa shape index (κ3) is 1.27. The standard InChI is InChI=1S/C10H12O2S/c1-7-5-9-3-4-13(11,12)10(9)6-8(7)2/h5-6H,3-4H2,1-2H3. The summed E-state index contributed by atoms with van der Waals surface area (Å²) in [6, 6.07) is 3.79. The maximum atomic E-state index is 11.5. The SMILES string of the molecule is Cc1cc2c(cc1C)S(=O)(=O)CC2. The van der Waals surface area contributed by atoms with Gasteiger partial charge in [0.25, 0.3) is 0 Å². The Morgan fingerprint density at radius 3 is 2.46 bits per heavy atom. The molecule has 0 radical (unpaired) electrons. The summed E-state index contributed by atoms with van der Waals surface area (Å²) in [5.74, 6) is 0.283. The van der Waals surface area contributed by atoms with Crippen LogP contribution in [0.25, 0.3) is 0 Å². The van der Waals surface area contributed by atoms with Gasteiger partial charge in [-0.15, -0.1) is 0 Å². The van der Waals surface area contributed by atoms with Gasteiger partial charge in [0.15, 0.2) is 9.84 Å². The Morgan fingerprint density at radius 1 is 1.15 bits per heavy atom. The van der Waals surface area contributed by atoms with Crippen molar-refractivity contribution in [1.29, 1.82) is 0 Å². The Hall–Kier alpha value is -0.830. The highest BCUT2D eigenvalue weighted by Crippen LogP contribution is 2.28. The average Bonchev–Trinajstić information content (AvgIpc) is 2.31. The van der Waals surface area contributed by atoms with Crippen LogP contribution in [0.1, 0.15) is 16.7 Å². The summed E-state index contributed by atoms with van der Waals surface area (Å²) in [7, 11) is -2.94. The Kier molecular flexibility index (Phi) is 1.74. The molecule has 0 saturated carbocycles. The predicted octanol–water partition coefficient (Wildman–Crippen LogP) is 1.63. The van der Waals surface area contributed by atoms with Crippen LogP contribution in [0.3, 0.4) is 0 Å². The molecule has 0 atom stereocenters. The van der Waals surface area contributed by atoms with E-state index < -0.39 is 9.84 Å². The van der Waals surface area contributed by atoms with E-state index in [2.05, 4.69) is 0 Å². The first-order valence-corrected chi connectivity index (χ1v) is 5.99. The number of hydrogen-bond donors (Lipinski definition) is 0. The molecule has 0 aliphatic carbocycles. The molecule has 70 valence electrons. The minimum atomic E-state index is -2.94. The summed E-state index contributed by atoms with van der Waals surface area (Å²) in [6.07, 6.45) is 0.679. The van der Waals surface area contributed by atoms with Crippen molar-refractivity contribution >= 4 is 9.84 Å². The number of fused-ring (bicyclic) bond motifs is 1. The van der Waals surface area contributed by atoms with Crippen molar-refractivity contribution in [1.82, 2.24) is 0 Å². The zero-order valence-corrected chi connectivity index (χ0v) is 8.61. The van der Waals surface area contributed by atoms with Crippen molar-refractivity contribution in [3.8, 4) is 0 Å². The van der Waals surface area contributed by atoms with Gasteiger partial charge < -0.3 is 0 Å². The van der Waals surface area contributed by atoms with E-state index in [4.69, 9.17) is 0 Å². The lowest BCUT2D eigenvalue weighted by Crippen LogP contribution is -1.99. The Labute approximate surface area is 78.5 Å². The first-order valence-electron chi connectivity index (χ1n) is 4.33.